The van der Waals surface area contributed by atoms with Crippen molar-refractivity contribution >= 4 is 11.8 Å². The Labute approximate surface area is 119 Å². The lowest BCUT2D eigenvalue weighted by Gasteiger charge is -2.25. The Bertz CT molecular complexity index is 448. The molecule has 19 heavy (non-hydrogen) atoms. The highest BCUT2D eigenvalue weighted by Gasteiger charge is 2.32. The highest BCUT2D eigenvalue weighted by Crippen LogP contribution is 2.36. The van der Waals surface area contributed by atoms with Crippen molar-refractivity contribution in [2.75, 3.05) is 5.75 Å². The molecule has 1 saturated carbocycles. The fourth-order valence-electron chi connectivity index (χ4n) is 3.57. The van der Waals surface area contributed by atoms with Crippen molar-refractivity contribution in [1.82, 2.24) is 5.32 Å². The van der Waals surface area contributed by atoms with Crippen molar-refractivity contribution in [3.8, 4) is 0 Å². The van der Waals surface area contributed by atoms with Crippen LogP contribution in [0.25, 0.3) is 0 Å². The summed E-state index contributed by atoms with van der Waals surface area (Å²) in [7, 11) is 0. The monoisotopic (exact) mass is 279 g/mol. The minimum absolute atomic E-state index is 0.0206. The highest BCUT2D eigenvalue weighted by atomic mass is 32.2. The van der Waals surface area contributed by atoms with Crippen molar-refractivity contribution in [1.29, 1.82) is 0 Å². The standard InChI is InChI=1S/C16H22FNS/c1-2-19-16-8-4-7-15(16)18-14-10-9-11-12(14)5-3-6-13(11)17/h3,5-6,14-16,18H,2,4,7-10H2,1H3. The van der Waals surface area contributed by atoms with Gasteiger partial charge in [0.05, 0.1) is 0 Å². The first kappa shape index (κ1) is 13.4. The lowest BCUT2D eigenvalue weighted by atomic mass is 10.1. The molecule has 0 bridgehead atoms. The zero-order valence-corrected chi connectivity index (χ0v) is 12.3. The molecule has 0 spiro atoms. The molecule has 0 aliphatic heterocycles. The van der Waals surface area contributed by atoms with Crippen molar-refractivity contribution in [2.24, 2.45) is 0 Å². The van der Waals surface area contributed by atoms with Crippen LogP contribution >= 0.6 is 11.8 Å². The third-order valence-electron chi connectivity index (χ3n) is 4.46. The molecule has 0 amide bonds. The maximum absolute atomic E-state index is 13.7. The van der Waals surface area contributed by atoms with Crippen LogP contribution in [0.4, 0.5) is 4.39 Å². The predicted molar refractivity (Wildman–Crippen MR) is 80.2 cm³/mol. The zero-order valence-electron chi connectivity index (χ0n) is 11.5. The van der Waals surface area contributed by atoms with Gasteiger partial charge in [0.25, 0.3) is 0 Å². The second-order valence-electron chi connectivity index (χ2n) is 5.60. The van der Waals surface area contributed by atoms with E-state index in [0.29, 0.717) is 12.1 Å². The Morgan fingerprint density at radius 2 is 2.21 bits per heavy atom. The molecule has 0 aromatic heterocycles. The van der Waals surface area contributed by atoms with E-state index in [1.807, 2.05) is 6.07 Å². The fraction of sp³-hybridized carbons (Fsp3) is 0.625. The molecule has 3 unspecified atom stereocenters. The normalized spacial score (nSPS) is 29.7. The third-order valence-corrected chi connectivity index (χ3v) is 5.79. The van der Waals surface area contributed by atoms with E-state index in [-0.39, 0.29) is 5.82 Å². The van der Waals surface area contributed by atoms with Gasteiger partial charge in [0, 0.05) is 17.3 Å². The van der Waals surface area contributed by atoms with Gasteiger partial charge in [-0.3, -0.25) is 0 Å². The van der Waals surface area contributed by atoms with Crippen molar-refractivity contribution in [2.45, 2.75) is 56.4 Å². The summed E-state index contributed by atoms with van der Waals surface area (Å²) >= 11 is 2.08. The third kappa shape index (κ3) is 2.68. The van der Waals surface area contributed by atoms with Gasteiger partial charge in [-0.25, -0.2) is 4.39 Å². The van der Waals surface area contributed by atoms with Crippen molar-refractivity contribution in [3.05, 3.63) is 35.1 Å². The Balaban J connectivity index is 1.71. The molecular weight excluding hydrogens is 257 g/mol. The fourth-order valence-corrected chi connectivity index (χ4v) is 4.78. The molecule has 2 aliphatic carbocycles. The largest absolute Gasteiger partial charge is 0.306 e. The second kappa shape index (κ2) is 5.84. The van der Waals surface area contributed by atoms with Gasteiger partial charge < -0.3 is 5.32 Å². The number of rotatable bonds is 4. The Morgan fingerprint density at radius 3 is 3.05 bits per heavy atom. The van der Waals surface area contributed by atoms with E-state index in [1.54, 1.807) is 6.07 Å². The molecular formula is C16H22FNS. The van der Waals surface area contributed by atoms with E-state index in [0.717, 1.165) is 23.7 Å². The maximum Gasteiger partial charge on any atom is 0.126 e. The second-order valence-corrected chi connectivity index (χ2v) is 7.11. The summed E-state index contributed by atoms with van der Waals surface area (Å²) < 4.78 is 13.7. The SMILES string of the molecule is CCSC1CCCC1NC1CCc2c(F)cccc21. The summed E-state index contributed by atoms with van der Waals surface area (Å²) in [5.74, 6) is 1.17. The smallest absolute Gasteiger partial charge is 0.126 e. The predicted octanol–water partition coefficient (Wildman–Crippen LogP) is 4.08. The van der Waals surface area contributed by atoms with E-state index in [2.05, 4.69) is 30.1 Å². The van der Waals surface area contributed by atoms with Gasteiger partial charge in [-0.05, 0) is 48.6 Å². The molecule has 1 aromatic rings. The van der Waals surface area contributed by atoms with Crippen LogP contribution in [-0.4, -0.2) is 17.0 Å². The first-order valence-corrected chi connectivity index (χ1v) is 8.49. The van der Waals surface area contributed by atoms with Gasteiger partial charge in [-0.2, -0.15) is 11.8 Å². The van der Waals surface area contributed by atoms with E-state index in [9.17, 15) is 4.39 Å². The van der Waals surface area contributed by atoms with Crippen LogP contribution < -0.4 is 5.32 Å². The molecule has 3 heteroatoms. The van der Waals surface area contributed by atoms with Crippen molar-refractivity contribution in [3.63, 3.8) is 0 Å². The van der Waals surface area contributed by atoms with Gasteiger partial charge in [0.2, 0.25) is 0 Å². The van der Waals surface area contributed by atoms with Crippen LogP contribution in [0.15, 0.2) is 18.2 Å². The molecule has 3 atom stereocenters. The van der Waals surface area contributed by atoms with Crippen LogP contribution in [0, 0.1) is 5.82 Å². The van der Waals surface area contributed by atoms with Crippen LogP contribution in [0.3, 0.4) is 0 Å². The quantitative estimate of drug-likeness (QED) is 0.891. The van der Waals surface area contributed by atoms with Gasteiger partial charge >= 0.3 is 0 Å². The first-order chi connectivity index (χ1) is 9.29. The van der Waals surface area contributed by atoms with E-state index in [1.165, 1.54) is 30.6 Å². The molecule has 2 aliphatic rings. The lowest BCUT2D eigenvalue weighted by molar-refractivity contribution is 0.443. The summed E-state index contributed by atoms with van der Waals surface area (Å²) in [6, 6.07) is 6.52. The molecule has 104 valence electrons. The maximum atomic E-state index is 13.7. The number of halogens is 1. The molecule has 1 aromatic carbocycles. The van der Waals surface area contributed by atoms with Gasteiger partial charge in [-0.1, -0.05) is 25.5 Å². The Kier molecular flexibility index (Phi) is 4.13. The highest BCUT2D eigenvalue weighted by molar-refractivity contribution is 7.99. The lowest BCUT2D eigenvalue weighted by Crippen LogP contribution is -2.36. The Morgan fingerprint density at radius 1 is 1.32 bits per heavy atom. The topological polar surface area (TPSA) is 12.0 Å². The molecule has 1 N–H and O–H groups in total. The number of hydrogen-bond donors (Lipinski definition) is 1. The summed E-state index contributed by atoms with van der Waals surface area (Å²) in [4.78, 5) is 0. The van der Waals surface area contributed by atoms with Gasteiger partial charge in [-0.15, -0.1) is 0 Å². The number of fused-ring (bicyclic) bond motifs is 1. The van der Waals surface area contributed by atoms with Gasteiger partial charge in [0.1, 0.15) is 5.82 Å². The molecule has 1 nitrogen and oxygen atoms in total. The molecule has 1 fully saturated rings. The van der Waals surface area contributed by atoms with E-state index >= 15 is 0 Å². The van der Waals surface area contributed by atoms with Crippen LogP contribution in [0.2, 0.25) is 0 Å². The summed E-state index contributed by atoms with van der Waals surface area (Å²) in [5, 5.41) is 4.56. The van der Waals surface area contributed by atoms with Gasteiger partial charge in [0.15, 0.2) is 0 Å². The minimum Gasteiger partial charge on any atom is -0.306 e. The molecule has 0 radical (unpaired) electrons. The number of benzene rings is 1. The van der Waals surface area contributed by atoms with E-state index in [4.69, 9.17) is 0 Å². The zero-order chi connectivity index (χ0) is 13.2. The van der Waals surface area contributed by atoms with Crippen LogP contribution in [0.1, 0.15) is 49.8 Å². The first-order valence-electron chi connectivity index (χ1n) is 7.44. The average Bonchev–Trinajstić information content (AvgIpc) is 3.00. The summed E-state index contributed by atoms with van der Waals surface area (Å²) in [6.45, 7) is 2.24. The van der Waals surface area contributed by atoms with Crippen molar-refractivity contribution < 1.29 is 4.39 Å². The Hall–Kier alpha value is -0.540. The number of hydrogen-bond acceptors (Lipinski definition) is 2. The molecule has 3 rings (SSSR count). The number of nitrogens with one attached hydrogen (secondary N) is 1. The van der Waals surface area contributed by atoms with E-state index < -0.39 is 0 Å². The number of thioether (sulfide) groups is 1. The van der Waals surface area contributed by atoms with Crippen LogP contribution in [0.5, 0.6) is 0 Å². The summed E-state index contributed by atoms with van der Waals surface area (Å²) in [5.41, 5.74) is 2.14. The average molecular weight is 279 g/mol. The van der Waals surface area contributed by atoms with Crippen LogP contribution in [-0.2, 0) is 6.42 Å². The molecule has 0 heterocycles. The minimum atomic E-state index is -0.0206. The summed E-state index contributed by atoms with van der Waals surface area (Å²) in [6.07, 6.45) is 5.88. The molecule has 0 saturated heterocycles.